The summed E-state index contributed by atoms with van der Waals surface area (Å²) < 4.78 is 0. The van der Waals surface area contributed by atoms with E-state index in [0.29, 0.717) is 12.0 Å². The molecule has 6 heteroatoms. The first-order valence-electron chi connectivity index (χ1n) is 10.1. The van der Waals surface area contributed by atoms with E-state index in [4.69, 9.17) is 10.2 Å². The van der Waals surface area contributed by atoms with Gasteiger partial charge in [0.25, 0.3) is 5.91 Å². The highest BCUT2D eigenvalue weighted by Crippen LogP contribution is 2.43. The highest BCUT2D eigenvalue weighted by atomic mass is 32.1. The molecule has 0 radical (unpaired) electrons. The minimum absolute atomic E-state index is 0.161. The van der Waals surface area contributed by atoms with Crippen LogP contribution in [0.1, 0.15) is 39.2 Å². The van der Waals surface area contributed by atoms with Crippen molar-refractivity contribution < 1.29 is 4.79 Å². The molecule has 5 rings (SSSR count). The van der Waals surface area contributed by atoms with Crippen LogP contribution in [0.15, 0.2) is 48.5 Å². The molecule has 0 unspecified atom stereocenters. The molecule has 5 nitrogen and oxygen atoms in total. The molecule has 0 aliphatic heterocycles. The number of H-pyrrole nitrogens is 1. The van der Waals surface area contributed by atoms with Crippen molar-refractivity contribution in [2.75, 3.05) is 5.32 Å². The summed E-state index contributed by atoms with van der Waals surface area (Å²) in [5.41, 5.74) is 5.64. The summed E-state index contributed by atoms with van der Waals surface area (Å²) in [7, 11) is 0. The monoisotopic (exact) mass is 412 g/mol. The van der Waals surface area contributed by atoms with Gasteiger partial charge in [0.15, 0.2) is 0 Å². The number of para-hydroxylation sites is 2. The molecule has 0 spiro atoms. The molecule has 30 heavy (non-hydrogen) atoms. The van der Waals surface area contributed by atoms with Gasteiger partial charge >= 0.3 is 0 Å². The molecule has 1 amide bonds. The lowest BCUT2D eigenvalue weighted by Gasteiger charge is -2.12. The maximum atomic E-state index is 13.0. The molecule has 4 aromatic rings. The number of hydrogen-bond donors (Lipinski definition) is 2. The quantitative estimate of drug-likeness (QED) is 0.465. The van der Waals surface area contributed by atoms with Gasteiger partial charge in [0, 0.05) is 10.4 Å². The van der Waals surface area contributed by atoms with E-state index in [1.165, 1.54) is 16.9 Å². The number of rotatable bonds is 4. The molecule has 1 aliphatic rings. The number of imidazole rings is 1. The van der Waals surface area contributed by atoms with Crippen LogP contribution in [0.25, 0.3) is 22.4 Å². The molecule has 2 aromatic carbocycles. The number of aromatic nitrogens is 2. The van der Waals surface area contributed by atoms with Crippen molar-refractivity contribution in [2.24, 2.45) is 0 Å². The number of carbonyl (C=O) groups is 1. The summed E-state index contributed by atoms with van der Waals surface area (Å²) in [5.74, 6) is 0.648. The first-order chi connectivity index (χ1) is 14.7. The Balaban J connectivity index is 1.55. The second-order valence-corrected chi connectivity index (χ2v) is 8.61. The summed E-state index contributed by atoms with van der Waals surface area (Å²) in [6.07, 6.45) is 4.67. The van der Waals surface area contributed by atoms with Crippen LogP contribution < -0.4 is 5.32 Å². The van der Waals surface area contributed by atoms with Gasteiger partial charge in [-0.25, -0.2) is 4.98 Å². The number of fused-ring (bicyclic) bond motifs is 2. The van der Waals surface area contributed by atoms with Crippen LogP contribution in [0.2, 0.25) is 0 Å². The third-order valence-electron chi connectivity index (χ3n) is 5.50. The number of aromatic amines is 1. The van der Waals surface area contributed by atoms with E-state index >= 15 is 0 Å². The molecule has 1 aliphatic carbocycles. The third kappa shape index (κ3) is 3.38. The molecule has 0 saturated carbocycles. The Bertz CT molecular complexity index is 1260. The van der Waals surface area contributed by atoms with Gasteiger partial charge in [-0.2, -0.15) is 5.26 Å². The van der Waals surface area contributed by atoms with Crippen LogP contribution in [0.4, 0.5) is 5.00 Å². The lowest BCUT2D eigenvalue weighted by Crippen LogP contribution is -2.12. The number of amides is 1. The second kappa shape index (κ2) is 7.77. The van der Waals surface area contributed by atoms with Gasteiger partial charge in [0.05, 0.1) is 29.1 Å². The molecule has 0 saturated heterocycles. The first-order valence-corrected chi connectivity index (χ1v) is 10.9. The van der Waals surface area contributed by atoms with E-state index < -0.39 is 0 Å². The van der Waals surface area contributed by atoms with Crippen LogP contribution in [0, 0.1) is 11.3 Å². The Morgan fingerprint density at radius 2 is 2.03 bits per heavy atom. The van der Waals surface area contributed by atoms with Gasteiger partial charge in [0.1, 0.15) is 10.8 Å². The number of benzene rings is 2. The van der Waals surface area contributed by atoms with Gasteiger partial charge in [-0.15, -0.1) is 11.3 Å². The number of nitriles is 1. The fourth-order valence-electron chi connectivity index (χ4n) is 4.06. The number of anilines is 1. The minimum atomic E-state index is -0.161. The number of nitrogens with zero attached hydrogens (tertiary/aromatic N) is 2. The Morgan fingerprint density at radius 3 is 2.90 bits per heavy atom. The van der Waals surface area contributed by atoms with E-state index in [1.807, 2.05) is 36.4 Å². The van der Waals surface area contributed by atoms with Crippen molar-refractivity contribution in [1.82, 2.24) is 9.97 Å². The molecule has 0 bridgehead atoms. The number of hydrogen-bond acceptors (Lipinski definition) is 4. The average molecular weight is 413 g/mol. The van der Waals surface area contributed by atoms with Crippen LogP contribution in [0.3, 0.4) is 0 Å². The molecule has 0 fully saturated rings. The Kier molecular flexibility index (Phi) is 4.82. The first kappa shape index (κ1) is 18.6. The summed E-state index contributed by atoms with van der Waals surface area (Å²) >= 11 is 1.66. The lowest BCUT2D eigenvalue weighted by molar-refractivity contribution is 0.102. The zero-order valence-corrected chi connectivity index (χ0v) is 17.2. The Labute approximate surface area is 178 Å². The summed E-state index contributed by atoms with van der Waals surface area (Å²) in [4.78, 5) is 22.6. The van der Waals surface area contributed by atoms with Crippen molar-refractivity contribution in [3.05, 3.63) is 70.1 Å². The van der Waals surface area contributed by atoms with E-state index in [0.717, 1.165) is 52.2 Å². The largest absolute Gasteiger partial charge is 0.338 e. The van der Waals surface area contributed by atoms with E-state index in [1.54, 1.807) is 23.5 Å². The van der Waals surface area contributed by atoms with Crippen LogP contribution in [-0.4, -0.2) is 15.9 Å². The van der Waals surface area contributed by atoms with Crippen molar-refractivity contribution in [1.29, 1.82) is 5.26 Å². The number of aryl methyl sites for hydroxylation is 1. The molecule has 2 aromatic heterocycles. The Hall–Kier alpha value is -3.43. The molecule has 148 valence electrons. The normalized spacial score (nSPS) is 13.0. The SMILES string of the molecule is N#CCc1cccc(C(=O)Nc2sc3c(c2-c2nc4ccccc4[nH]2)CCCC3)c1. The van der Waals surface area contributed by atoms with Gasteiger partial charge in [-0.1, -0.05) is 24.3 Å². The summed E-state index contributed by atoms with van der Waals surface area (Å²) in [6.45, 7) is 0. The zero-order valence-electron chi connectivity index (χ0n) is 16.4. The molecular weight excluding hydrogens is 392 g/mol. The van der Waals surface area contributed by atoms with Gasteiger partial charge in [-0.05, 0) is 61.1 Å². The number of carbonyl (C=O) groups excluding carboxylic acids is 1. The zero-order chi connectivity index (χ0) is 20.5. The highest BCUT2D eigenvalue weighted by Gasteiger charge is 2.25. The van der Waals surface area contributed by atoms with Crippen LogP contribution in [-0.2, 0) is 19.3 Å². The van der Waals surface area contributed by atoms with E-state index in [-0.39, 0.29) is 5.91 Å². The average Bonchev–Trinajstić information content (AvgIpc) is 3.34. The van der Waals surface area contributed by atoms with Gasteiger partial charge in [0.2, 0.25) is 0 Å². The van der Waals surface area contributed by atoms with Crippen molar-refractivity contribution in [3.63, 3.8) is 0 Å². The molecule has 0 atom stereocenters. The smallest absolute Gasteiger partial charge is 0.256 e. The van der Waals surface area contributed by atoms with Gasteiger partial charge in [-0.3, -0.25) is 4.79 Å². The summed E-state index contributed by atoms with van der Waals surface area (Å²) in [6, 6.07) is 17.4. The summed E-state index contributed by atoms with van der Waals surface area (Å²) in [5, 5.41) is 12.9. The predicted molar refractivity (Wildman–Crippen MR) is 120 cm³/mol. The fourth-order valence-corrected chi connectivity index (χ4v) is 5.35. The predicted octanol–water partition coefficient (Wildman–Crippen LogP) is 5.49. The highest BCUT2D eigenvalue weighted by molar-refractivity contribution is 7.17. The minimum Gasteiger partial charge on any atom is -0.338 e. The molecular formula is C24H20N4OS. The lowest BCUT2D eigenvalue weighted by atomic mass is 9.95. The van der Waals surface area contributed by atoms with E-state index in [9.17, 15) is 4.79 Å². The third-order valence-corrected chi connectivity index (χ3v) is 6.70. The second-order valence-electron chi connectivity index (χ2n) is 7.51. The van der Waals surface area contributed by atoms with Crippen molar-refractivity contribution >= 4 is 33.3 Å². The number of nitrogens with one attached hydrogen (secondary N) is 2. The fraction of sp³-hybridized carbons (Fsp3) is 0.208. The van der Waals surface area contributed by atoms with Gasteiger partial charge < -0.3 is 10.3 Å². The van der Waals surface area contributed by atoms with E-state index in [2.05, 4.69) is 16.4 Å². The topological polar surface area (TPSA) is 81.6 Å². The van der Waals surface area contributed by atoms with Crippen LogP contribution in [0.5, 0.6) is 0 Å². The molecule has 2 heterocycles. The number of thiophene rings is 1. The molecule has 2 N–H and O–H groups in total. The standard InChI is InChI=1S/C24H20N4OS/c25-13-12-15-6-5-7-16(14-15)23(29)28-24-21(17-8-1-4-11-20(17)30-24)22-26-18-9-2-3-10-19(18)27-22/h2-3,5-7,9-10,14H,1,4,8,11-12H2,(H,26,27)(H,28,29). The van der Waals surface area contributed by atoms with Crippen molar-refractivity contribution in [2.45, 2.75) is 32.1 Å². The Morgan fingerprint density at radius 1 is 1.17 bits per heavy atom. The van der Waals surface area contributed by atoms with Crippen molar-refractivity contribution in [3.8, 4) is 17.5 Å². The maximum Gasteiger partial charge on any atom is 0.256 e. The van der Waals surface area contributed by atoms with Crippen LogP contribution >= 0.6 is 11.3 Å². The maximum absolute atomic E-state index is 13.0.